The number of methoxy groups -OCH3 is 1. The molecule has 0 aliphatic rings. The van der Waals surface area contributed by atoms with Crippen molar-refractivity contribution in [3.8, 4) is 6.07 Å². The second kappa shape index (κ2) is 3.92. The molecule has 0 saturated carbocycles. The van der Waals surface area contributed by atoms with Crippen molar-refractivity contribution in [3.63, 3.8) is 0 Å². The molecule has 0 aromatic heterocycles. The van der Waals surface area contributed by atoms with Crippen LogP contribution in [0.2, 0.25) is 5.02 Å². The molecule has 66 valence electrons. The van der Waals surface area contributed by atoms with E-state index >= 15 is 0 Å². The smallest absolute Gasteiger partial charge is 0.339 e. The van der Waals surface area contributed by atoms with E-state index in [9.17, 15) is 4.79 Å². The van der Waals surface area contributed by atoms with Crippen LogP contribution in [0.15, 0.2) is 18.2 Å². The lowest BCUT2D eigenvalue weighted by atomic mass is 10.1. The van der Waals surface area contributed by atoms with Gasteiger partial charge in [0.05, 0.1) is 29.3 Å². The van der Waals surface area contributed by atoms with Crippen molar-refractivity contribution in [2.45, 2.75) is 0 Å². The van der Waals surface area contributed by atoms with E-state index in [0.29, 0.717) is 5.56 Å². The summed E-state index contributed by atoms with van der Waals surface area (Å²) in [5.74, 6) is -0.505. The maximum absolute atomic E-state index is 11.0. The van der Waals surface area contributed by atoms with Crippen LogP contribution in [-0.2, 0) is 4.74 Å². The van der Waals surface area contributed by atoms with E-state index in [4.69, 9.17) is 16.9 Å². The molecule has 0 atom stereocenters. The quantitative estimate of drug-likeness (QED) is 0.644. The van der Waals surface area contributed by atoms with E-state index in [1.165, 1.54) is 25.3 Å². The van der Waals surface area contributed by atoms with Gasteiger partial charge in [-0.05, 0) is 18.2 Å². The molecule has 3 nitrogen and oxygen atoms in total. The normalized spacial score (nSPS) is 9.00. The number of nitriles is 1. The van der Waals surface area contributed by atoms with Crippen molar-refractivity contribution < 1.29 is 9.53 Å². The van der Waals surface area contributed by atoms with Crippen molar-refractivity contribution in [1.29, 1.82) is 5.26 Å². The van der Waals surface area contributed by atoms with Gasteiger partial charge in [-0.3, -0.25) is 0 Å². The lowest BCUT2D eigenvalue weighted by molar-refractivity contribution is 0.0601. The average Bonchev–Trinajstić information content (AvgIpc) is 2.16. The summed E-state index contributed by atoms with van der Waals surface area (Å²) in [4.78, 5) is 11.0. The molecule has 0 aliphatic heterocycles. The van der Waals surface area contributed by atoms with E-state index < -0.39 is 5.97 Å². The van der Waals surface area contributed by atoms with E-state index in [-0.39, 0.29) is 10.6 Å². The minimum Gasteiger partial charge on any atom is -0.465 e. The van der Waals surface area contributed by atoms with Crippen LogP contribution in [0.5, 0.6) is 0 Å². The van der Waals surface area contributed by atoms with Crippen molar-refractivity contribution >= 4 is 17.6 Å². The van der Waals surface area contributed by atoms with Gasteiger partial charge in [-0.2, -0.15) is 5.26 Å². The summed E-state index contributed by atoms with van der Waals surface area (Å²) < 4.78 is 4.48. The molecular formula is C9H6ClNO2. The fraction of sp³-hybridized carbons (Fsp3) is 0.111. The summed E-state index contributed by atoms with van der Waals surface area (Å²) in [5.41, 5.74) is 0.681. The second-order valence-corrected chi connectivity index (χ2v) is 2.71. The SMILES string of the molecule is COC(=O)c1ccc(C#N)cc1Cl. The molecule has 0 aliphatic carbocycles. The molecule has 0 spiro atoms. The van der Waals surface area contributed by atoms with E-state index in [1.54, 1.807) is 0 Å². The predicted octanol–water partition coefficient (Wildman–Crippen LogP) is 2.00. The van der Waals surface area contributed by atoms with E-state index in [1.807, 2.05) is 6.07 Å². The first kappa shape index (κ1) is 9.56. The van der Waals surface area contributed by atoms with Crippen molar-refractivity contribution in [2.75, 3.05) is 7.11 Å². The van der Waals surface area contributed by atoms with Gasteiger partial charge >= 0.3 is 5.97 Å². The zero-order valence-electron chi connectivity index (χ0n) is 6.87. The number of hydrogen-bond acceptors (Lipinski definition) is 3. The summed E-state index contributed by atoms with van der Waals surface area (Å²) in [6.07, 6.45) is 0. The van der Waals surface area contributed by atoms with Crippen LogP contribution in [-0.4, -0.2) is 13.1 Å². The summed E-state index contributed by atoms with van der Waals surface area (Å²) >= 11 is 5.73. The van der Waals surface area contributed by atoms with Crippen LogP contribution in [0.4, 0.5) is 0 Å². The first-order valence-corrected chi connectivity index (χ1v) is 3.85. The lowest BCUT2D eigenvalue weighted by Gasteiger charge is -2.01. The standard InChI is InChI=1S/C9H6ClNO2/c1-13-9(12)7-3-2-6(5-11)4-8(7)10/h2-4H,1H3. The Labute approximate surface area is 80.5 Å². The van der Waals surface area contributed by atoms with Gasteiger partial charge in [-0.1, -0.05) is 11.6 Å². The lowest BCUT2D eigenvalue weighted by Crippen LogP contribution is -2.01. The molecule has 0 saturated heterocycles. The predicted molar refractivity (Wildman–Crippen MR) is 47.5 cm³/mol. The number of carbonyl (C=O) groups excluding carboxylic acids is 1. The number of rotatable bonds is 1. The Balaban J connectivity index is 3.14. The van der Waals surface area contributed by atoms with E-state index in [2.05, 4.69) is 4.74 Å². The number of carbonyl (C=O) groups is 1. The molecule has 0 fully saturated rings. The monoisotopic (exact) mass is 195 g/mol. The highest BCUT2D eigenvalue weighted by atomic mass is 35.5. The number of ether oxygens (including phenoxy) is 1. The average molecular weight is 196 g/mol. The van der Waals surface area contributed by atoms with Gasteiger partial charge < -0.3 is 4.74 Å². The minimum atomic E-state index is -0.505. The summed E-state index contributed by atoms with van der Waals surface area (Å²) in [5, 5.41) is 8.75. The number of halogens is 1. The van der Waals surface area contributed by atoms with Gasteiger partial charge in [-0.25, -0.2) is 4.79 Å². The molecule has 0 heterocycles. The van der Waals surface area contributed by atoms with E-state index in [0.717, 1.165) is 0 Å². The van der Waals surface area contributed by atoms with Gasteiger partial charge in [0.2, 0.25) is 0 Å². The molecule has 13 heavy (non-hydrogen) atoms. The van der Waals surface area contributed by atoms with Crippen LogP contribution in [0.3, 0.4) is 0 Å². The Hall–Kier alpha value is -1.53. The molecule has 0 radical (unpaired) electrons. The van der Waals surface area contributed by atoms with Gasteiger partial charge in [0.1, 0.15) is 0 Å². The Morgan fingerprint density at radius 2 is 2.31 bits per heavy atom. The summed E-state index contributed by atoms with van der Waals surface area (Å²) in [6.45, 7) is 0. The maximum atomic E-state index is 11.0. The molecule has 0 amide bonds. The van der Waals surface area contributed by atoms with Gasteiger partial charge in [0.15, 0.2) is 0 Å². The van der Waals surface area contributed by atoms with Gasteiger partial charge in [0.25, 0.3) is 0 Å². The minimum absolute atomic E-state index is 0.228. The van der Waals surface area contributed by atoms with Crippen molar-refractivity contribution in [1.82, 2.24) is 0 Å². The van der Waals surface area contributed by atoms with Crippen molar-refractivity contribution in [2.24, 2.45) is 0 Å². The number of esters is 1. The summed E-state index contributed by atoms with van der Waals surface area (Å²) in [6, 6.07) is 6.32. The Morgan fingerprint density at radius 3 is 2.77 bits per heavy atom. The Kier molecular flexibility index (Phi) is 2.88. The van der Waals surface area contributed by atoms with Crippen LogP contribution in [0.1, 0.15) is 15.9 Å². The topological polar surface area (TPSA) is 50.1 Å². The van der Waals surface area contributed by atoms with Gasteiger partial charge in [-0.15, -0.1) is 0 Å². The first-order valence-electron chi connectivity index (χ1n) is 3.47. The maximum Gasteiger partial charge on any atom is 0.339 e. The van der Waals surface area contributed by atoms with Crippen LogP contribution in [0.25, 0.3) is 0 Å². The number of nitrogens with zero attached hydrogens (tertiary/aromatic N) is 1. The molecule has 4 heteroatoms. The third-order valence-corrected chi connectivity index (χ3v) is 1.82. The third kappa shape index (κ3) is 1.98. The van der Waals surface area contributed by atoms with Crippen LogP contribution < -0.4 is 0 Å². The van der Waals surface area contributed by atoms with Crippen molar-refractivity contribution in [3.05, 3.63) is 34.3 Å². The van der Waals surface area contributed by atoms with Crippen LogP contribution >= 0.6 is 11.6 Å². The highest BCUT2D eigenvalue weighted by Gasteiger charge is 2.10. The third-order valence-electron chi connectivity index (χ3n) is 1.50. The highest BCUT2D eigenvalue weighted by molar-refractivity contribution is 6.33. The Bertz CT molecular complexity index is 382. The molecule has 0 N–H and O–H groups in total. The highest BCUT2D eigenvalue weighted by Crippen LogP contribution is 2.18. The fourth-order valence-electron chi connectivity index (χ4n) is 0.860. The molecule has 1 rings (SSSR count). The molecule has 1 aromatic rings. The zero-order valence-corrected chi connectivity index (χ0v) is 7.63. The second-order valence-electron chi connectivity index (χ2n) is 2.30. The molecule has 1 aromatic carbocycles. The van der Waals surface area contributed by atoms with Crippen LogP contribution in [0, 0.1) is 11.3 Å². The van der Waals surface area contributed by atoms with Gasteiger partial charge in [0, 0.05) is 0 Å². The fourth-order valence-corrected chi connectivity index (χ4v) is 1.12. The Morgan fingerprint density at radius 1 is 1.62 bits per heavy atom. The first-order chi connectivity index (χ1) is 6.19. The largest absolute Gasteiger partial charge is 0.465 e. The number of benzene rings is 1. The zero-order chi connectivity index (χ0) is 9.84. The number of hydrogen-bond donors (Lipinski definition) is 0. The molecule has 0 unspecified atom stereocenters. The summed E-state index contributed by atoms with van der Waals surface area (Å²) in [7, 11) is 1.27. The molecule has 0 bridgehead atoms. The molecular weight excluding hydrogens is 190 g/mol.